The van der Waals surface area contributed by atoms with Crippen molar-refractivity contribution in [2.45, 2.75) is 32.3 Å². The minimum absolute atomic E-state index is 0.108. The van der Waals surface area contributed by atoms with Gasteiger partial charge in [-0.2, -0.15) is 0 Å². The van der Waals surface area contributed by atoms with Gasteiger partial charge in [-0.25, -0.2) is 0 Å². The van der Waals surface area contributed by atoms with Crippen LogP contribution in [-0.2, 0) is 9.36 Å². The number of unbranched alkanes of at least 4 members (excludes halogenated alkanes) is 1. The van der Waals surface area contributed by atoms with Gasteiger partial charge >= 0.3 is 5.97 Å². The molecule has 2 N–H and O–H groups in total. The third kappa shape index (κ3) is 3.37. The highest BCUT2D eigenvalue weighted by atomic mass is 31.2. The smallest absolute Gasteiger partial charge is 0.316 e. The number of hydrogen-bond donors (Lipinski definition) is 2. The monoisotopic (exact) mass is 194 g/mol. The Morgan fingerprint density at radius 2 is 2.08 bits per heavy atom. The standard InChI is InChI=1S/C7H15O4P/c1-3-4-5-12(10,11)6(2)7(8)9/h6H,3-5H2,1-2H3,(H,8,9)(H,10,11). The molecule has 0 bridgehead atoms. The van der Waals surface area contributed by atoms with Gasteiger partial charge in [0.2, 0.25) is 7.37 Å². The van der Waals surface area contributed by atoms with Gasteiger partial charge in [0, 0.05) is 6.16 Å². The first-order valence-corrected chi connectivity index (χ1v) is 5.87. The Morgan fingerprint density at radius 3 is 2.42 bits per heavy atom. The van der Waals surface area contributed by atoms with Crippen LogP contribution in [0.5, 0.6) is 0 Å². The molecule has 72 valence electrons. The summed E-state index contributed by atoms with van der Waals surface area (Å²) >= 11 is 0. The molecule has 0 rings (SSSR count). The average molecular weight is 194 g/mol. The maximum absolute atomic E-state index is 11.3. The molecule has 0 aliphatic rings. The van der Waals surface area contributed by atoms with Gasteiger partial charge in [-0.1, -0.05) is 13.3 Å². The minimum Gasteiger partial charge on any atom is -0.481 e. The normalized spacial score (nSPS) is 18.2. The van der Waals surface area contributed by atoms with E-state index in [0.29, 0.717) is 6.42 Å². The molecule has 0 saturated carbocycles. The lowest BCUT2D eigenvalue weighted by Crippen LogP contribution is -2.17. The molecular formula is C7H15O4P. The molecule has 0 aromatic heterocycles. The van der Waals surface area contributed by atoms with Crippen molar-refractivity contribution in [3.8, 4) is 0 Å². The van der Waals surface area contributed by atoms with Crippen LogP contribution in [0.2, 0.25) is 0 Å². The molecule has 0 aromatic carbocycles. The summed E-state index contributed by atoms with van der Waals surface area (Å²) in [6.45, 7) is 3.17. The molecule has 12 heavy (non-hydrogen) atoms. The van der Waals surface area contributed by atoms with Gasteiger partial charge in [0.15, 0.2) is 0 Å². The van der Waals surface area contributed by atoms with Gasteiger partial charge in [-0.3, -0.25) is 9.36 Å². The minimum atomic E-state index is -3.46. The van der Waals surface area contributed by atoms with Crippen LogP contribution in [-0.4, -0.2) is 27.8 Å². The summed E-state index contributed by atoms with van der Waals surface area (Å²) in [5.41, 5.74) is -1.14. The molecule has 4 nitrogen and oxygen atoms in total. The Morgan fingerprint density at radius 1 is 1.58 bits per heavy atom. The highest BCUT2D eigenvalue weighted by Crippen LogP contribution is 2.46. The van der Waals surface area contributed by atoms with Gasteiger partial charge in [-0.15, -0.1) is 0 Å². The Kier molecular flexibility index (Phi) is 4.50. The van der Waals surface area contributed by atoms with Crippen molar-refractivity contribution >= 4 is 13.3 Å². The first-order chi connectivity index (χ1) is 5.41. The van der Waals surface area contributed by atoms with Crippen molar-refractivity contribution in [2.24, 2.45) is 0 Å². The molecule has 0 aliphatic heterocycles. The van der Waals surface area contributed by atoms with Gasteiger partial charge < -0.3 is 10.00 Å². The maximum atomic E-state index is 11.3. The van der Waals surface area contributed by atoms with E-state index in [-0.39, 0.29) is 6.16 Å². The fourth-order valence-electron chi connectivity index (χ4n) is 0.751. The second-order valence-corrected chi connectivity index (χ2v) is 5.58. The average Bonchev–Trinajstić information content (AvgIpc) is 1.99. The zero-order chi connectivity index (χ0) is 9.78. The number of carboxylic acids is 1. The van der Waals surface area contributed by atoms with Gasteiger partial charge in [0.25, 0.3) is 0 Å². The maximum Gasteiger partial charge on any atom is 0.316 e. The van der Waals surface area contributed by atoms with E-state index in [2.05, 4.69) is 0 Å². The van der Waals surface area contributed by atoms with E-state index in [0.717, 1.165) is 6.42 Å². The topological polar surface area (TPSA) is 74.6 Å². The lowest BCUT2D eigenvalue weighted by Gasteiger charge is -2.14. The van der Waals surface area contributed by atoms with E-state index in [9.17, 15) is 14.3 Å². The number of hydrogen-bond acceptors (Lipinski definition) is 2. The van der Waals surface area contributed by atoms with Gasteiger partial charge in [0.1, 0.15) is 5.66 Å². The molecule has 0 heterocycles. The van der Waals surface area contributed by atoms with Crippen molar-refractivity contribution in [2.75, 3.05) is 6.16 Å². The predicted molar refractivity (Wildman–Crippen MR) is 46.7 cm³/mol. The summed E-state index contributed by atoms with van der Waals surface area (Å²) < 4.78 is 11.3. The molecule has 0 radical (unpaired) electrons. The zero-order valence-electron chi connectivity index (χ0n) is 7.36. The Balaban J connectivity index is 4.19. The molecule has 0 amide bonds. The van der Waals surface area contributed by atoms with Crippen LogP contribution in [0.3, 0.4) is 0 Å². The van der Waals surface area contributed by atoms with E-state index in [4.69, 9.17) is 5.11 Å². The molecule has 0 aromatic rings. The van der Waals surface area contributed by atoms with Crippen LogP contribution >= 0.6 is 7.37 Å². The number of rotatable bonds is 5. The third-order valence-electron chi connectivity index (χ3n) is 1.79. The lowest BCUT2D eigenvalue weighted by molar-refractivity contribution is -0.136. The van der Waals surface area contributed by atoms with E-state index >= 15 is 0 Å². The van der Waals surface area contributed by atoms with Crippen molar-refractivity contribution in [3.63, 3.8) is 0 Å². The first kappa shape index (κ1) is 11.7. The zero-order valence-corrected chi connectivity index (χ0v) is 8.25. The largest absolute Gasteiger partial charge is 0.481 e. The van der Waals surface area contributed by atoms with Crippen molar-refractivity contribution in [1.29, 1.82) is 0 Å². The number of aliphatic carboxylic acids is 1. The molecular weight excluding hydrogens is 179 g/mol. The van der Waals surface area contributed by atoms with E-state index < -0.39 is 19.0 Å². The van der Waals surface area contributed by atoms with E-state index in [1.165, 1.54) is 6.92 Å². The lowest BCUT2D eigenvalue weighted by atomic mass is 10.4. The second-order valence-electron chi connectivity index (χ2n) is 2.85. The Labute approximate surface area is 72.1 Å². The highest BCUT2D eigenvalue weighted by molar-refractivity contribution is 7.59. The number of carbonyl (C=O) groups is 1. The molecule has 2 unspecified atom stereocenters. The second kappa shape index (κ2) is 4.63. The molecule has 0 aliphatic carbocycles. The summed E-state index contributed by atoms with van der Waals surface area (Å²) in [7, 11) is -3.46. The van der Waals surface area contributed by atoms with Crippen molar-refractivity contribution in [3.05, 3.63) is 0 Å². The van der Waals surface area contributed by atoms with Crippen molar-refractivity contribution < 1.29 is 19.4 Å². The SMILES string of the molecule is CCCCP(=O)(O)C(C)C(=O)O. The number of carboxylic acid groups (broad SMARTS) is 1. The van der Waals surface area contributed by atoms with Crippen LogP contribution in [0.25, 0.3) is 0 Å². The highest BCUT2D eigenvalue weighted by Gasteiger charge is 2.31. The fraction of sp³-hybridized carbons (Fsp3) is 0.857. The van der Waals surface area contributed by atoms with Crippen LogP contribution in [0, 0.1) is 0 Å². The van der Waals surface area contributed by atoms with Gasteiger partial charge in [0.05, 0.1) is 0 Å². The van der Waals surface area contributed by atoms with E-state index in [1.54, 1.807) is 0 Å². The fourth-order valence-corrected chi connectivity index (χ4v) is 2.25. The quantitative estimate of drug-likeness (QED) is 0.651. The van der Waals surface area contributed by atoms with Crippen molar-refractivity contribution in [1.82, 2.24) is 0 Å². The Bertz CT molecular complexity index is 202. The summed E-state index contributed by atoms with van der Waals surface area (Å²) in [6.07, 6.45) is 1.51. The summed E-state index contributed by atoms with van der Waals surface area (Å²) in [5.74, 6) is -1.20. The van der Waals surface area contributed by atoms with Crippen LogP contribution in [0.4, 0.5) is 0 Å². The van der Waals surface area contributed by atoms with Crippen LogP contribution in [0.15, 0.2) is 0 Å². The van der Waals surface area contributed by atoms with E-state index in [1.807, 2.05) is 6.92 Å². The molecule has 5 heteroatoms. The van der Waals surface area contributed by atoms with Crippen LogP contribution < -0.4 is 0 Å². The Hall–Kier alpha value is -0.340. The molecule has 0 saturated heterocycles. The summed E-state index contributed by atoms with van der Waals surface area (Å²) in [4.78, 5) is 19.6. The predicted octanol–water partition coefficient (Wildman–Crippen LogP) is 1.53. The molecule has 0 fully saturated rings. The van der Waals surface area contributed by atoms with Crippen LogP contribution in [0.1, 0.15) is 26.7 Å². The first-order valence-electron chi connectivity index (χ1n) is 3.96. The summed E-state index contributed by atoms with van der Waals surface area (Å²) in [5, 5.41) is 8.48. The van der Waals surface area contributed by atoms with Gasteiger partial charge in [-0.05, 0) is 13.3 Å². The third-order valence-corrected chi connectivity index (χ3v) is 4.18. The molecule has 2 atom stereocenters. The molecule has 0 spiro atoms. The summed E-state index contributed by atoms with van der Waals surface area (Å²) in [6, 6.07) is 0.